The number of nitrogens with one attached hydrogen (secondary N) is 14. The fourth-order valence-electron chi connectivity index (χ4n) is 12.4. The quantitative estimate of drug-likeness (QED) is 0.0218. The molecule has 1 aromatic heterocycles. The predicted molar refractivity (Wildman–Crippen MR) is 420 cm³/mol. The fraction of sp³-hybridized carbons (Fsp3) is 0.649. The van der Waals surface area contributed by atoms with Gasteiger partial charge in [-0.05, 0) is 120 Å². The molecular formula is C74H118N18O23S. The molecule has 15 amide bonds. The number of hydrogen-bond acceptors (Lipinski definition) is 23. The van der Waals surface area contributed by atoms with Crippen LogP contribution in [-0.4, -0.2) is 264 Å². The van der Waals surface area contributed by atoms with Crippen molar-refractivity contribution in [3.63, 3.8) is 0 Å². The van der Waals surface area contributed by atoms with Gasteiger partial charge in [-0.2, -0.15) is 12.6 Å². The molecule has 0 saturated carbocycles. The topological polar surface area (TPSA) is 662 Å². The summed E-state index contributed by atoms with van der Waals surface area (Å²) in [4.78, 5) is 246. The summed E-state index contributed by atoms with van der Waals surface area (Å²) in [5, 5.41) is 82.2. The van der Waals surface area contributed by atoms with Crippen LogP contribution in [0.15, 0.2) is 30.5 Å². The van der Waals surface area contributed by atoms with E-state index in [9.17, 15) is 107 Å². The number of para-hydroxylation sites is 1. The highest BCUT2D eigenvalue weighted by Crippen LogP contribution is 2.23. The number of carbonyl (C=O) groups excluding carboxylic acids is 15. The summed E-state index contributed by atoms with van der Waals surface area (Å²) >= 11 is 4.30. The number of H-pyrrole nitrogens is 1. The molecule has 2 aromatic rings. The van der Waals surface area contributed by atoms with Crippen molar-refractivity contribution in [1.29, 1.82) is 0 Å². The molecule has 1 fully saturated rings. The third-order valence-corrected chi connectivity index (χ3v) is 19.1. The number of aromatic amines is 1. The van der Waals surface area contributed by atoms with Crippen molar-refractivity contribution in [2.75, 3.05) is 25.4 Å². The lowest BCUT2D eigenvalue weighted by atomic mass is 9.98. The van der Waals surface area contributed by atoms with E-state index in [1.54, 1.807) is 72.0 Å². The number of unbranched alkanes of at least 4 members (excludes halogenated alkanes) is 1. The molecule has 2 heterocycles. The van der Waals surface area contributed by atoms with E-state index in [4.69, 9.17) is 22.3 Å². The zero-order valence-electron chi connectivity index (χ0n) is 67.2. The van der Waals surface area contributed by atoms with E-state index in [0.717, 1.165) is 20.8 Å². The number of carboxylic acid groups (broad SMARTS) is 3. The first-order valence-electron chi connectivity index (χ1n) is 38.5. The van der Waals surface area contributed by atoms with Gasteiger partial charge in [0.15, 0.2) is 0 Å². The van der Waals surface area contributed by atoms with Gasteiger partial charge >= 0.3 is 17.9 Å². The average Bonchev–Trinajstić information content (AvgIpc) is 1.77. The van der Waals surface area contributed by atoms with Crippen LogP contribution < -0.4 is 86.3 Å². The van der Waals surface area contributed by atoms with Crippen molar-refractivity contribution in [2.45, 2.75) is 256 Å². The molecule has 16 atom stereocenters. The molecule has 0 aliphatic carbocycles. The van der Waals surface area contributed by atoms with Gasteiger partial charge in [-0.15, -0.1) is 0 Å². The molecule has 116 heavy (non-hydrogen) atoms. The Bertz CT molecular complexity index is 3780. The molecule has 1 saturated heterocycles. The van der Waals surface area contributed by atoms with E-state index in [0.29, 0.717) is 29.3 Å². The normalized spacial score (nSPS) is 16.6. The first-order chi connectivity index (χ1) is 54.3. The van der Waals surface area contributed by atoms with Crippen LogP contribution in [0.4, 0.5) is 0 Å². The third-order valence-electron chi connectivity index (χ3n) is 18.7. The van der Waals surface area contributed by atoms with Gasteiger partial charge in [-0.3, -0.25) is 81.5 Å². The molecule has 1 aromatic carbocycles. The summed E-state index contributed by atoms with van der Waals surface area (Å²) in [5.74, 6) is -21.2. The number of likely N-dealkylation sites (tertiary alicyclic amines) is 1. The van der Waals surface area contributed by atoms with E-state index in [1.807, 2.05) is 0 Å². The van der Waals surface area contributed by atoms with Crippen molar-refractivity contribution in [3.05, 3.63) is 36.0 Å². The highest BCUT2D eigenvalue weighted by molar-refractivity contribution is 7.80. The average molecular weight is 1660 g/mol. The van der Waals surface area contributed by atoms with E-state index in [-0.39, 0.29) is 69.2 Å². The van der Waals surface area contributed by atoms with Crippen LogP contribution in [0.2, 0.25) is 0 Å². The van der Waals surface area contributed by atoms with Gasteiger partial charge < -0.3 is 122 Å². The minimum atomic E-state index is -1.88. The largest absolute Gasteiger partial charge is 0.481 e. The lowest BCUT2D eigenvalue weighted by molar-refractivity contribution is -0.143. The molecule has 0 radical (unpaired) electrons. The third kappa shape index (κ3) is 33.0. The maximum absolute atomic E-state index is 14.8. The van der Waals surface area contributed by atoms with Crippen LogP contribution in [0.5, 0.6) is 0 Å². The van der Waals surface area contributed by atoms with Gasteiger partial charge in [0.25, 0.3) is 0 Å². The molecular weight excluding hydrogens is 1540 g/mol. The number of thiol groups is 1. The molecule has 0 spiro atoms. The number of carboxylic acids is 3. The van der Waals surface area contributed by atoms with Crippen molar-refractivity contribution >= 4 is 130 Å². The van der Waals surface area contributed by atoms with Crippen molar-refractivity contribution in [1.82, 2.24) is 79.0 Å². The smallest absolute Gasteiger partial charge is 0.326 e. The lowest BCUT2D eigenvalue weighted by Crippen LogP contribution is -2.62. The lowest BCUT2D eigenvalue weighted by Gasteiger charge is -2.32. The van der Waals surface area contributed by atoms with Crippen molar-refractivity contribution < 1.29 is 112 Å². The number of aromatic nitrogens is 1. The zero-order chi connectivity index (χ0) is 87.7. The standard InChI is InChI=1S/C74H118N18O23S/c1-34(2)27-48(66(106)89-57(36(5)6)69(109)83-46(21-23-53(77)95)63(103)79-32-54(96)88-59(39(10)93)71(111)86-50(74(114)115)29-41-31-78-44-18-13-12-17-42(41)44)84-64(104)45(19-14-15-25-75)82-68(108)52-20-16-26-92(52)73(113)49(28-35(3)4)85-67(107)51(33-116)87-70(110)58(37(7)8)90-72(112)60(40(11)94)91-65(105)47(22-24-55(97)98)81-61(101)38(9)80-62(102)43(76)30-56(99)100/h12-13,17-18,31,34-40,43,45-52,57-60,78,93-94,116H,14-16,19-30,32-33,75-76H2,1-11H3,(H2,77,95)(H,79,103)(H,80,102)(H,81,101)(H,82,108)(H,83,109)(H,84,104)(H,85,107)(H,86,111)(H,87,110)(H,88,96)(H,89,106)(H,90,112)(H,91,105)(H,97,98)(H,99,100)(H,114,115)/t38-,39+,40+,43-,45-,46-,47-,48-,49-,50-,51-,52-,57-,58-,59-,60-/m0/s1. The second-order valence-corrected chi connectivity index (χ2v) is 30.7. The van der Waals surface area contributed by atoms with Crippen LogP contribution in [-0.2, 0) is 92.7 Å². The number of aliphatic hydroxyl groups is 2. The molecule has 1 aliphatic rings. The van der Waals surface area contributed by atoms with Crippen LogP contribution in [0.3, 0.4) is 0 Å². The van der Waals surface area contributed by atoms with Gasteiger partial charge in [0.05, 0.1) is 31.2 Å². The van der Waals surface area contributed by atoms with Crippen molar-refractivity contribution in [2.24, 2.45) is 40.9 Å². The van der Waals surface area contributed by atoms with Gasteiger partial charge in [0.2, 0.25) is 88.6 Å². The number of primary amides is 1. The van der Waals surface area contributed by atoms with Crippen LogP contribution in [0.25, 0.3) is 10.9 Å². The van der Waals surface area contributed by atoms with Gasteiger partial charge in [0, 0.05) is 48.7 Å². The number of nitrogens with two attached hydrogens (primary N) is 3. The maximum atomic E-state index is 14.8. The minimum absolute atomic E-state index is 0.0000660. The Morgan fingerprint density at radius 3 is 1.54 bits per heavy atom. The summed E-state index contributed by atoms with van der Waals surface area (Å²) in [7, 11) is 0. The second-order valence-electron chi connectivity index (χ2n) is 30.3. The van der Waals surface area contributed by atoms with Crippen molar-refractivity contribution in [3.8, 4) is 0 Å². The van der Waals surface area contributed by atoms with E-state index >= 15 is 0 Å². The van der Waals surface area contributed by atoms with E-state index in [2.05, 4.69) is 86.7 Å². The molecule has 0 bridgehead atoms. The highest BCUT2D eigenvalue weighted by Gasteiger charge is 2.43. The Labute approximate surface area is 676 Å². The molecule has 1 aliphatic heterocycles. The summed E-state index contributed by atoms with van der Waals surface area (Å²) < 4.78 is 0. The van der Waals surface area contributed by atoms with Gasteiger partial charge in [-0.1, -0.05) is 73.6 Å². The Morgan fingerprint density at radius 1 is 0.517 bits per heavy atom. The Hall–Kier alpha value is -10.6. The number of fused-ring (bicyclic) bond motifs is 1. The summed E-state index contributed by atoms with van der Waals surface area (Å²) in [6, 6.07) is -14.1. The SMILES string of the molecule is CC(C)C[C@H](NC(=O)[C@H](CCCCN)NC(=O)[C@@H]1CCCN1C(=O)[C@H](CC(C)C)NC(=O)[C@H](CS)NC(=O)[C@@H](NC(=O)[C@@H](NC(=O)[C@H](CCC(=O)O)NC(=O)[C@H](C)NC(=O)[C@@H](N)CC(=O)O)[C@@H](C)O)C(C)C)C(=O)N[C@H](C(=O)N[C@@H](CCC(N)=O)C(=O)NCC(=O)N[C@H](C(=O)N[C@@H](Cc1c[nH]c2ccccc12)C(=O)O)[C@@H](C)O)C(C)C. The summed E-state index contributed by atoms with van der Waals surface area (Å²) in [6.45, 7) is 15.9. The molecule has 41 nitrogen and oxygen atoms in total. The molecule has 42 heteroatoms. The van der Waals surface area contributed by atoms with Gasteiger partial charge in [0.1, 0.15) is 78.5 Å². The maximum Gasteiger partial charge on any atom is 0.326 e. The monoisotopic (exact) mass is 1660 g/mol. The second kappa shape index (κ2) is 48.7. The fourth-order valence-corrected chi connectivity index (χ4v) is 12.6. The van der Waals surface area contributed by atoms with Crippen LogP contribution >= 0.6 is 12.6 Å². The summed E-state index contributed by atoms with van der Waals surface area (Å²) in [6.07, 6.45) is -3.80. The number of amides is 15. The number of aliphatic carboxylic acids is 3. The number of hydrogen-bond donors (Lipinski definition) is 23. The zero-order valence-corrected chi connectivity index (χ0v) is 68.1. The first-order valence-corrected chi connectivity index (χ1v) is 39.1. The van der Waals surface area contributed by atoms with Gasteiger partial charge in [-0.25, -0.2) is 4.79 Å². The number of rotatable bonds is 51. The minimum Gasteiger partial charge on any atom is -0.481 e. The Kier molecular flexibility index (Phi) is 41.8. The predicted octanol–water partition coefficient (Wildman–Crippen LogP) is -5.10. The number of benzene rings is 1. The Morgan fingerprint density at radius 2 is 0.991 bits per heavy atom. The molecule has 648 valence electrons. The number of aliphatic hydroxyl groups excluding tert-OH is 2. The number of nitrogens with zero attached hydrogens (tertiary/aromatic N) is 1. The molecule has 3 rings (SSSR count). The van der Waals surface area contributed by atoms with Crippen LogP contribution in [0.1, 0.15) is 159 Å². The highest BCUT2D eigenvalue weighted by atomic mass is 32.1. The summed E-state index contributed by atoms with van der Waals surface area (Å²) in [5.41, 5.74) is 18.1. The Balaban J connectivity index is 1.79. The van der Waals surface area contributed by atoms with Crippen LogP contribution in [0, 0.1) is 23.7 Å². The molecule has 0 unspecified atom stereocenters. The molecule has 25 N–H and O–H groups in total. The van der Waals surface area contributed by atoms with E-state index in [1.165, 1.54) is 18.7 Å². The first kappa shape index (κ1) is 99.6. The van der Waals surface area contributed by atoms with E-state index < -0.39 is 254 Å². The number of carbonyl (C=O) groups is 18.